The zero-order valence-electron chi connectivity index (χ0n) is 9.07. The van der Waals surface area contributed by atoms with Crippen LogP contribution >= 0.6 is 0 Å². The fourth-order valence-corrected chi connectivity index (χ4v) is 1.48. The van der Waals surface area contributed by atoms with E-state index in [-0.39, 0.29) is 5.91 Å². The molecule has 1 N–H and O–H groups in total. The molecule has 3 heteroatoms. The van der Waals surface area contributed by atoms with Crippen LogP contribution in [0.3, 0.4) is 0 Å². The Bertz CT molecular complexity index is 474. The molecule has 0 spiro atoms. The first-order valence-corrected chi connectivity index (χ1v) is 5.12. The Balaban J connectivity index is 1.98. The normalized spacial score (nSPS) is 10.1. The molecule has 0 saturated heterocycles. The van der Waals surface area contributed by atoms with Crippen LogP contribution < -0.4 is 5.32 Å². The van der Waals surface area contributed by atoms with Gasteiger partial charge in [-0.1, -0.05) is 24.3 Å². The van der Waals surface area contributed by atoms with Crippen LogP contribution in [-0.4, -0.2) is 5.91 Å². The fraction of sp³-hybridized carbons (Fsp3) is 0.154. The minimum Gasteiger partial charge on any atom is -0.472 e. The molecule has 0 unspecified atom stereocenters. The Morgan fingerprint density at radius 3 is 2.81 bits per heavy atom. The number of benzene rings is 1. The van der Waals surface area contributed by atoms with Gasteiger partial charge in [-0.2, -0.15) is 0 Å². The molecule has 0 atom stereocenters. The average molecular weight is 215 g/mol. The number of amides is 1. The second kappa shape index (κ2) is 4.66. The highest BCUT2D eigenvalue weighted by molar-refractivity contribution is 5.93. The fourth-order valence-electron chi connectivity index (χ4n) is 1.48. The molecule has 82 valence electrons. The monoisotopic (exact) mass is 215 g/mol. The van der Waals surface area contributed by atoms with Gasteiger partial charge < -0.3 is 9.73 Å². The quantitative estimate of drug-likeness (QED) is 0.854. The first kappa shape index (κ1) is 10.5. The van der Waals surface area contributed by atoms with E-state index in [2.05, 4.69) is 5.32 Å². The highest BCUT2D eigenvalue weighted by Crippen LogP contribution is 2.07. The summed E-state index contributed by atoms with van der Waals surface area (Å²) in [7, 11) is 0. The minimum atomic E-state index is -0.114. The maximum Gasteiger partial charge on any atom is 0.254 e. The largest absolute Gasteiger partial charge is 0.472 e. The van der Waals surface area contributed by atoms with E-state index in [0.29, 0.717) is 12.1 Å². The van der Waals surface area contributed by atoms with E-state index in [1.165, 1.54) is 18.1 Å². The molecule has 0 aliphatic rings. The van der Waals surface area contributed by atoms with Crippen molar-refractivity contribution in [2.75, 3.05) is 0 Å². The van der Waals surface area contributed by atoms with E-state index >= 15 is 0 Å². The van der Waals surface area contributed by atoms with Crippen molar-refractivity contribution in [1.82, 2.24) is 5.32 Å². The first-order chi connectivity index (χ1) is 7.77. The molecule has 2 aromatic rings. The molecule has 3 nitrogen and oxygen atoms in total. The van der Waals surface area contributed by atoms with E-state index in [1.54, 1.807) is 6.07 Å². The van der Waals surface area contributed by atoms with Crippen LogP contribution in [0.4, 0.5) is 0 Å². The third-order valence-corrected chi connectivity index (χ3v) is 2.48. The summed E-state index contributed by atoms with van der Waals surface area (Å²) in [4.78, 5) is 11.6. The summed E-state index contributed by atoms with van der Waals surface area (Å²) >= 11 is 0. The molecule has 1 amide bonds. The zero-order chi connectivity index (χ0) is 11.4. The number of nitrogens with one attached hydrogen (secondary N) is 1. The molecule has 2 rings (SSSR count). The molecule has 16 heavy (non-hydrogen) atoms. The number of hydrogen-bond donors (Lipinski definition) is 1. The van der Waals surface area contributed by atoms with Gasteiger partial charge in [0.15, 0.2) is 0 Å². The molecule has 0 bridgehead atoms. The van der Waals surface area contributed by atoms with Gasteiger partial charge >= 0.3 is 0 Å². The van der Waals surface area contributed by atoms with E-state index in [4.69, 9.17) is 4.42 Å². The average Bonchev–Trinajstić information content (AvgIpc) is 2.81. The van der Waals surface area contributed by atoms with Crippen LogP contribution in [0, 0.1) is 6.92 Å². The molecule has 1 heterocycles. The smallest absolute Gasteiger partial charge is 0.254 e. The van der Waals surface area contributed by atoms with Crippen LogP contribution in [-0.2, 0) is 6.54 Å². The van der Waals surface area contributed by atoms with Crippen molar-refractivity contribution >= 4 is 5.91 Å². The van der Waals surface area contributed by atoms with Gasteiger partial charge in [0.1, 0.15) is 6.26 Å². The van der Waals surface area contributed by atoms with Crippen molar-refractivity contribution < 1.29 is 9.21 Å². The molecule has 0 aliphatic heterocycles. The molecule has 1 aromatic heterocycles. The van der Waals surface area contributed by atoms with Gasteiger partial charge in [0.25, 0.3) is 5.91 Å². The minimum absolute atomic E-state index is 0.114. The van der Waals surface area contributed by atoms with Gasteiger partial charge in [0.2, 0.25) is 0 Å². The van der Waals surface area contributed by atoms with Crippen LogP contribution in [0.15, 0.2) is 47.3 Å². The summed E-state index contributed by atoms with van der Waals surface area (Å²) in [6.07, 6.45) is 2.93. The molecular formula is C13H13NO2. The van der Waals surface area contributed by atoms with Gasteiger partial charge in [0.05, 0.1) is 11.8 Å². The Hall–Kier alpha value is -2.03. The van der Waals surface area contributed by atoms with Gasteiger partial charge in [0, 0.05) is 6.54 Å². The Kier molecular flexibility index (Phi) is 3.05. The van der Waals surface area contributed by atoms with Crippen LogP contribution in [0.5, 0.6) is 0 Å². The lowest BCUT2D eigenvalue weighted by Crippen LogP contribution is -2.22. The number of carbonyl (C=O) groups excluding carboxylic acids is 1. The topological polar surface area (TPSA) is 42.2 Å². The SMILES string of the molecule is Cc1ccccc1CNC(=O)c1ccoc1. The first-order valence-electron chi connectivity index (χ1n) is 5.12. The number of aryl methyl sites for hydroxylation is 1. The van der Waals surface area contributed by atoms with Crippen molar-refractivity contribution in [1.29, 1.82) is 0 Å². The van der Waals surface area contributed by atoms with E-state index in [9.17, 15) is 4.79 Å². The summed E-state index contributed by atoms with van der Waals surface area (Å²) in [6, 6.07) is 9.63. The number of furan rings is 1. The Labute approximate surface area is 94.1 Å². The van der Waals surface area contributed by atoms with Crippen LogP contribution in [0.25, 0.3) is 0 Å². The lowest BCUT2D eigenvalue weighted by atomic mass is 10.1. The molecule has 0 aliphatic carbocycles. The van der Waals surface area contributed by atoms with Gasteiger partial charge in [-0.05, 0) is 24.1 Å². The maximum absolute atomic E-state index is 11.6. The third kappa shape index (κ3) is 2.31. The lowest BCUT2D eigenvalue weighted by Gasteiger charge is -2.06. The maximum atomic E-state index is 11.6. The summed E-state index contributed by atoms with van der Waals surface area (Å²) in [5.41, 5.74) is 2.85. The predicted molar refractivity (Wildman–Crippen MR) is 61.1 cm³/mol. The second-order valence-corrected chi connectivity index (χ2v) is 3.62. The number of hydrogen-bond acceptors (Lipinski definition) is 2. The Morgan fingerprint density at radius 2 is 2.12 bits per heavy atom. The predicted octanol–water partition coefficient (Wildman–Crippen LogP) is 2.52. The molecule has 0 saturated carbocycles. The summed E-state index contributed by atoms with van der Waals surface area (Å²) in [5, 5.41) is 2.84. The van der Waals surface area contributed by atoms with Crippen molar-refractivity contribution in [3.63, 3.8) is 0 Å². The Morgan fingerprint density at radius 1 is 1.31 bits per heavy atom. The van der Waals surface area contributed by atoms with Gasteiger partial charge in [-0.25, -0.2) is 0 Å². The highest BCUT2D eigenvalue weighted by atomic mass is 16.3. The molecule has 0 fully saturated rings. The van der Waals surface area contributed by atoms with Crippen molar-refractivity contribution in [2.24, 2.45) is 0 Å². The van der Waals surface area contributed by atoms with Crippen LogP contribution in [0.1, 0.15) is 21.5 Å². The summed E-state index contributed by atoms with van der Waals surface area (Å²) in [5.74, 6) is -0.114. The lowest BCUT2D eigenvalue weighted by molar-refractivity contribution is 0.0950. The highest BCUT2D eigenvalue weighted by Gasteiger charge is 2.06. The van der Waals surface area contributed by atoms with Gasteiger partial charge in [-0.15, -0.1) is 0 Å². The van der Waals surface area contributed by atoms with E-state index < -0.39 is 0 Å². The van der Waals surface area contributed by atoms with Gasteiger partial charge in [-0.3, -0.25) is 4.79 Å². The summed E-state index contributed by atoms with van der Waals surface area (Å²) in [6.45, 7) is 2.57. The number of carbonyl (C=O) groups is 1. The summed E-state index contributed by atoms with van der Waals surface area (Å²) < 4.78 is 4.85. The van der Waals surface area contributed by atoms with Crippen molar-refractivity contribution in [2.45, 2.75) is 13.5 Å². The van der Waals surface area contributed by atoms with Crippen LogP contribution in [0.2, 0.25) is 0 Å². The molecular weight excluding hydrogens is 202 g/mol. The van der Waals surface area contributed by atoms with E-state index in [1.807, 2.05) is 31.2 Å². The second-order valence-electron chi connectivity index (χ2n) is 3.62. The van der Waals surface area contributed by atoms with Crippen molar-refractivity contribution in [3.05, 3.63) is 59.5 Å². The third-order valence-electron chi connectivity index (χ3n) is 2.48. The van der Waals surface area contributed by atoms with Crippen molar-refractivity contribution in [3.8, 4) is 0 Å². The molecule has 1 aromatic carbocycles. The standard InChI is InChI=1S/C13H13NO2/c1-10-4-2-3-5-11(10)8-14-13(15)12-6-7-16-9-12/h2-7,9H,8H2,1H3,(H,14,15). The number of rotatable bonds is 3. The molecule has 0 radical (unpaired) electrons. The zero-order valence-corrected chi connectivity index (χ0v) is 9.07. The van der Waals surface area contributed by atoms with E-state index in [0.717, 1.165) is 5.56 Å².